The SMILES string of the molecule is CCC1(CC)C(Br)CC1Oc1ccc2ccccc2c1. The lowest BCUT2D eigenvalue weighted by Crippen LogP contribution is -2.56. The van der Waals surface area contributed by atoms with Crippen LogP contribution in [0.25, 0.3) is 10.8 Å². The molecule has 2 atom stereocenters. The van der Waals surface area contributed by atoms with Crippen LogP contribution in [0.2, 0.25) is 0 Å². The average molecular weight is 333 g/mol. The van der Waals surface area contributed by atoms with E-state index in [1.165, 1.54) is 10.8 Å². The van der Waals surface area contributed by atoms with Crippen LogP contribution >= 0.6 is 15.9 Å². The molecule has 1 saturated carbocycles. The quantitative estimate of drug-likeness (QED) is 0.666. The van der Waals surface area contributed by atoms with Crippen molar-refractivity contribution in [2.75, 3.05) is 0 Å². The first kappa shape index (κ1) is 13.9. The molecule has 0 N–H and O–H groups in total. The predicted octanol–water partition coefficient (Wildman–Crippen LogP) is 5.56. The minimum atomic E-state index is 0.297. The maximum Gasteiger partial charge on any atom is 0.120 e. The molecule has 0 radical (unpaired) electrons. The van der Waals surface area contributed by atoms with Crippen molar-refractivity contribution in [3.05, 3.63) is 42.5 Å². The number of rotatable bonds is 4. The molecule has 0 heterocycles. The highest BCUT2D eigenvalue weighted by Crippen LogP contribution is 2.52. The highest BCUT2D eigenvalue weighted by molar-refractivity contribution is 9.09. The van der Waals surface area contributed by atoms with E-state index in [4.69, 9.17) is 4.74 Å². The molecule has 1 fully saturated rings. The number of benzene rings is 2. The Labute approximate surface area is 129 Å². The summed E-state index contributed by atoms with van der Waals surface area (Å²) in [6.45, 7) is 4.54. The summed E-state index contributed by atoms with van der Waals surface area (Å²) < 4.78 is 6.30. The van der Waals surface area contributed by atoms with E-state index in [0.29, 0.717) is 16.3 Å². The van der Waals surface area contributed by atoms with Crippen molar-refractivity contribution in [3.63, 3.8) is 0 Å². The Balaban J connectivity index is 1.83. The molecule has 2 heteroatoms. The highest BCUT2D eigenvalue weighted by Gasteiger charge is 2.53. The summed E-state index contributed by atoms with van der Waals surface area (Å²) in [5, 5.41) is 2.52. The molecule has 0 aromatic heterocycles. The second-order valence-corrected chi connectivity index (χ2v) is 6.86. The number of hydrogen-bond acceptors (Lipinski definition) is 1. The van der Waals surface area contributed by atoms with Gasteiger partial charge in [0, 0.05) is 10.2 Å². The van der Waals surface area contributed by atoms with Gasteiger partial charge in [-0.3, -0.25) is 0 Å². The lowest BCUT2D eigenvalue weighted by Gasteiger charge is -2.52. The summed E-state index contributed by atoms with van der Waals surface area (Å²) in [5.74, 6) is 0.999. The van der Waals surface area contributed by atoms with Crippen molar-refractivity contribution in [1.82, 2.24) is 0 Å². The van der Waals surface area contributed by atoms with Crippen LogP contribution in [0.5, 0.6) is 5.75 Å². The molecule has 1 aliphatic carbocycles. The molecule has 3 rings (SSSR count). The largest absolute Gasteiger partial charge is 0.490 e. The Morgan fingerprint density at radius 2 is 1.80 bits per heavy atom. The van der Waals surface area contributed by atoms with Crippen molar-refractivity contribution in [3.8, 4) is 5.75 Å². The second-order valence-electron chi connectivity index (χ2n) is 5.76. The molecule has 0 bridgehead atoms. The molecule has 20 heavy (non-hydrogen) atoms. The average Bonchev–Trinajstić information content (AvgIpc) is 2.48. The van der Waals surface area contributed by atoms with Crippen LogP contribution in [0.4, 0.5) is 0 Å². The summed E-state index contributed by atoms with van der Waals surface area (Å²) >= 11 is 3.82. The van der Waals surface area contributed by atoms with E-state index in [0.717, 1.165) is 25.0 Å². The third-order valence-corrected chi connectivity index (χ3v) is 6.29. The van der Waals surface area contributed by atoms with E-state index in [1.807, 2.05) is 0 Å². The van der Waals surface area contributed by atoms with Gasteiger partial charge in [-0.1, -0.05) is 60.1 Å². The monoisotopic (exact) mass is 332 g/mol. The third-order valence-electron chi connectivity index (χ3n) is 5.00. The fraction of sp³-hybridized carbons (Fsp3) is 0.444. The first-order valence-electron chi connectivity index (χ1n) is 7.49. The van der Waals surface area contributed by atoms with Crippen molar-refractivity contribution in [1.29, 1.82) is 0 Å². The van der Waals surface area contributed by atoms with E-state index in [-0.39, 0.29) is 0 Å². The zero-order chi connectivity index (χ0) is 14.2. The highest BCUT2D eigenvalue weighted by atomic mass is 79.9. The molecule has 106 valence electrons. The maximum atomic E-state index is 6.30. The van der Waals surface area contributed by atoms with Gasteiger partial charge in [-0.05, 0) is 42.2 Å². The van der Waals surface area contributed by atoms with Gasteiger partial charge < -0.3 is 4.74 Å². The van der Waals surface area contributed by atoms with Gasteiger partial charge in [0.15, 0.2) is 0 Å². The Hall–Kier alpha value is -1.02. The standard InChI is InChI=1S/C18H21BrO/c1-3-18(4-2)16(19)12-17(18)20-15-10-9-13-7-5-6-8-14(13)11-15/h5-11,16-17H,3-4,12H2,1-2H3. The van der Waals surface area contributed by atoms with E-state index in [9.17, 15) is 0 Å². The molecular formula is C18H21BrO. The van der Waals surface area contributed by atoms with E-state index in [2.05, 4.69) is 72.2 Å². The van der Waals surface area contributed by atoms with Crippen LogP contribution in [-0.2, 0) is 0 Å². The Kier molecular flexibility index (Phi) is 3.76. The Morgan fingerprint density at radius 3 is 2.45 bits per heavy atom. The Morgan fingerprint density at radius 1 is 1.10 bits per heavy atom. The summed E-state index contributed by atoms with van der Waals surface area (Å²) in [7, 11) is 0. The first-order valence-corrected chi connectivity index (χ1v) is 8.40. The first-order chi connectivity index (χ1) is 9.69. The summed E-state index contributed by atoms with van der Waals surface area (Å²) in [4.78, 5) is 0.593. The van der Waals surface area contributed by atoms with E-state index in [1.54, 1.807) is 0 Å². The van der Waals surface area contributed by atoms with Gasteiger partial charge >= 0.3 is 0 Å². The molecule has 1 nitrogen and oxygen atoms in total. The zero-order valence-electron chi connectivity index (χ0n) is 12.1. The third kappa shape index (κ3) is 2.14. The molecule has 0 saturated heterocycles. The summed E-state index contributed by atoms with van der Waals surface area (Å²) in [6.07, 6.45) is 3.77. The number of fused-ring (bicyclic) bond motifs is 1. The minimum absolute atomic E-state index is 0.297. The molecule has 0 aliphatic heterocycles. The van der Waals surface area contributed by atoms with Gasteiger partial charge in [0.25, 0.3) is 0 Å². The van der Waals surface area contributed by atoms with Gasteiger partial charge in [-0.15, -0.1) is 0 Å². The second kappa shape index (κ2) is 5.40. The predicted molar refractivity (Wildman–Crippen MR) is 88.7 cm³/mol. The van der Waals surface area contributed by atoms with Crippen LogP contribution in [0, 0.1) is 5.41 Å². The van der Waals surface area contributed by atoms with Crippen LogP contribution in [0.3, 0.4) is 0 Å². The topological polar surface area (TPSA) is 9.23 Å². The van der Waals surface area contributed by atoms with Gasteiger partial charge in [0.2, 0.25) is 0 Å². The number of halogens is 1. The number of hydrogen-bond donors (Lipinski definition) is 0. The van der Waals surface area contributed by atoms with Crippen LogP contribution in [-0.4, -0.2) is 10.9 Å². The fourth-order valence-corrected chi connectivity index (χ4v) is 4.70. The van der Waals surface area contributed by atoms with Crippen LogP contribution < -0.4 is 4.74 Å². The van der Waals surface area contributed by atoms with Gasteiger partial charge in [-0.2, -0.15) is 0 Å². The summed E-state index contributed by atoms with van der Waals surface area (Å²) in [5.41, 5.74) is 0.297. The molecule has 0 amide bonds. The van der Waals surface area contributed by atoms with E-state index < -0.39 is 0 Å². The lowest BCUT2D eigenvalue weighted by molar-refractivity contribution is -0.0410. The van der Waals surface area contributed by atoms with Gasteiger partial charge in [-0.25, -0.2) is 0 Å². The Bertz CT molecular complexity index is 603. The molecule has 2 aromatic rings. The number of ether oxygens (including phenoxy) is 1. The molecule has 1 aliphatic rings. The number of alkyl halides is 1. The zero-order valence-corrected chi connectivity index (χ0v) is 13.7. The maximum absolute atomic E-state index is 6.30. The fourth-order valence-electron chi connectivity index (χ4n) is 3.42. The normalized spacial score (nSPS) is 24.4. The molecule has 2 unspecified atom stereocenters. The molecule has 2 aromatic carbocycles. The minimum Gasteiger partial charge on any atom is -0.490 e. The smallest absolute Gasteiger partial charge is 0.120 e. The van der Waals surface area contributed by atoms with Crippen molar-refractivity contribution in [2.24, 2.45) is 5.41 Å². The van der Waals surface area contributed by atoms with Crippen molar-refractivity contribution < 1.29 is 4.74 Å². The summed E-state index contributed by atoms with van der Waals surface area (Å²) in [6, 6.07) is 14.8. The van der Waals surface area contributed by atoms with Crippen molar-refractivity contribution >= 4 is 26.7 Å². The van der Waals surface area contributed by atoms with Crippen LogP contribution in [0.15, 0.2) is 42.5 Å². The van der Waals surface area contributed by atoms with E-state index >= 15 is 0 Å². The lowest BCUT2D eigenvalue weighted by atomic mass is 9.62. The van der Waals surface area contributed by atoms with Gasteiger partial charge in [0.05, 0.1) is 0 Å². The van der Waals surface area contributed by atoms with Crippen molar-refractivity contribution in [2.45, 2.75) is 44.0 Å². The van der Waals surface area contributed by atoms with Gasteiger partial charge in [0.1, 0.15) is 11.9 Å². The van der Waals surface area contributed by atoms with Crippen LogP contribution in [0.1, 0.15) is 33.1 Å². The molecular weight excluding hydrogens is 312 g/mol. The molecule has 0 spiro atoms.